The molecule has 1 heterocycles. The number of nitrogens with zero attached hydrogens (tertiary/aromatic N) is 1. The molecule has 0 spiro atoms. The van der Waals surface area contributed by atoms with Gasteiger partial charge >= 0.3 is 5.97 Å². The molecule has 28 heavy (non-hydrogen) atoms. The fourth-order valence-corrected chi connectivity index (χ4v) is 2.90. The van der Waals surface area contributed by atoms with Gasteiger partial charge in [-0.15, -0.1) is 0 Å². The molecule has 2 N–H and O–H groups in total. The zero-order valence-electron chi connectivity index (χ0n) is 17.1. The molecule has 1 aromatic carbocycles. The second kappa shape index (κ2) is 7.87. The van der Waals surface area contributed by atoms with Crippen LogP contribution < -0.4 is 10.9 Å². The van der Waals surface area contributed by atoms with Crippen molar-refractivity contribution in [2.24, 2.45) is 5.41 Å². The van der Waals surface area contributed by atoms with Gasteiger partial charge in [0.1, 0.15) is 5.60 Å². The van der Waals surface area contributed by atoms with Gasteiger partial charge in [0.2, 0.25) is 0 Å². The number of H-pyrrole nitrogens is 1. The highest BCUT2D eigenvalue weighted by molar-refractivity contribution is 7.71. The van der Waals surface area contributed by atoms with Crippen LogP contribution in [-0.4, -0.2) is 33.6 Å². The average Bonchev–Trinajstić information content (AvgIpc) is 2.58. The zero-order chi connectivity index (χ0) is 21.3. The Morgan fingerprint density at radius 2 is 1.86 bits per heavy atom. The van der Waals surface area contributed by atoms with Crippen molar-refractivity contribution in [2.75, 3.05) is 6.54 Å². The van der Waals surface area contributed by atoms with E-state index in [0.29, 0.717) is 27.8 Å². The molecular weight excluding hydrogens is 378 g/mol. The van der Waals surface area contributed by atoms with E-state index >= 15 is 0 Å². The normalized spacial score (nSPS) is 12.1. The highest BCUT2D eigenvalue weighted by atomic mass is 32.1. The van der Waals surface area contributed by atoms with Crippen molar-refractivity contribution in [3.8, 4) is 0 Å². The number of hydrogen-bond acceptors (Lipinski definition) is 5. The second-order valence-electron chi connectivity index (χ2n) is 8.31. The first kappa shape index (κ1) is 21.8. The van der Waals surface area contributed by atoms with Gasteiger partial charge in [-0.25, -0.2) is 0 Å². The molecule has 0 aliphatic heterocycles. The van der Waals surface area contributed by atoms with Crippen molar-refractivity contribution in [3.05, 3.63) is 38.9 Å². The molecule has 0 unspecified atom stereocenters. The van der Waals surface area contributed by atoms with Crippen LogP contribution in [0.4, 0.5) is 0 Å². The van der Waals surface area contributed by atoms with Gasteiger partial charge in [0.05, 0.1) is 16.3 Å². The predicted octanol–water partition coefficient (Wildman–Crippen LogP) is 3.18. The molecule has 0 aliphatic carbocycles. The summed E-state index contributed by atoms with van der Waals surface area (Å²) >= 11 is 5.20. The maximum atomic E-state index is 12.5. The Hall–Kier alpha value is -2.48. The maximum Gasteiger partial charge on any atom is 0.313 e. The molecule has 0 bridgehead atoms. The van der Waals surface area contributed by atoms with E-state index in [2.05, 4.69) is 10.3 Å². The number of ether oxygens (including phenoxy) is 1. The summed E-state index contributed by atoms with van der Waals surface area (Å²) in [5.41, 5.74) is -0.807. The summed E-state index contributed by atoms with van der Waals surface area (Å²) in [6, 6.07) is 4.77. The Balaban J connectivity index is 2.21. The predicted molar refractivity (Wildman–Crippen MR) is 111 cm³/mol. The number of aromatic amines is 1. The molecule has 0 atom stereocenters. The minimum Gasteiger partial charge on any atom is -0.460 e. The lowest BCUT2D eigenvalue weighted by molar-refractivity contribution is -0.165. The molecule has 0 saturated carbocycles. The fourth-order valence-electron chi connectivity index (χ4n) is 2.57. The average molecular weight is 406 g/mol. The third-order valence-electron chi connectivity index (χ3n) is 4.20. The molecule has 2 rings (SSSR count). The van der Waals surface area contributed by atoms with Crippen molar-refractivity contribution < 1.29 is 14.3 Å². The Morgan fingerprint density at radius 1 is 1.21 bits per heavy atom. The van der Waals surface area contributed by atoms with E-state index in [0.717, 1.165) is 0 Å². The number of carbonyl (C=O) groups excluding carboxylic acids is 2. The van der Waals surface area contributed by atoms with Crippen molar-refractivity contribution in [1.82, 2.24) is 14.9 Å². The summed E-state index contributed by atoms with van der Waals surface area (Å²) in [6.45, 7) is 11.2. The van der Waals surface area contributed by atoms with E-state index in [-0.39, 0.29) is 24.0 Å². The highest BCUT2D eigenvalue weighted by Crippen LogP contribution is 2.21. The van der Waals surface area contributed by atoms with Gasteiger partial charge in [-0.3, -0.25) is 19.0 Å². The zero-order valence-corrected chi connectivity index (χ0v) is 18.0. The summed E-state index contributed by atoms with van der Waals surface area (Å²) in [6.07, 6.45) is 0. The number of hydrogen-bond donors (Lipinski definition) is 2. The molecule has 0 aliphatic rings. The molecule has 1 aromatic heterocycles. The summed E-state index contributed by atoms with van der Waals surface area (Å²) in [4.78, 5) is 40.3. The summed E-state index contributed by atoms with van der Waals surface area (Å²) in [7, 11) is 0. The van der Waals surface area contributed by atoms with Crippen LogP contribution in [0.2, 0.25) is 0 Å². The third kappa shape index (κ3) is 4.86. The van der Waals surface area contributed by atoms with Gasteiger partial charge in [-0.1, -0.05) is 0 Å². The van der Waals surface area contributed by atoms with E-state index in [1.165, 1.54) is 4.57 Å². The van der Waals surface area contributed by atoms with E-state index in [1.807, 2.05) is 6.92 Å². The minimum atomic E-state index is -0.880. The largest absolute Gasteiger partial charge is 0.460 e. The second-order valence-corrected chi connectivity index (χ2v) is 8.70. The smallest absolute Gasteiger partial charge is 0.313 e. The molecule has 0 radical (unpaired) electrons. The van der Waals surface area contributed by atoms with Crippen LogP contribution in [0, 0.1) is 10.2 Å². The van der Waals surface area contributed by atoms with Crippen LogP contribution in [-0.2, 0) is 16.1 Å². The molecule has 0 fully saturated rings. The fraction of sp³-hybridized carbons (Fsp3) is 0.500. The van der Waals surface area contributed by atoms with Crippen LogP contribution in [0.3, 0.4) is 0 Å². The Kier molecular flexibility index (Phi) is 6.13. The van der Waals surface area contributed by atoms with Gasteiger partial charge in [0.15, 0.2) is 4.77 Å². The summed E-state index contributed by atoms with van der Waals surface area (Å²) in [5.74, 6) is -0.736. The lowest BCUT2D eigenvalue weighted by Crippen LogP contribution is -2.42. The summed E-state index contributed by atoms with van der Waals surface area (Å²) < 4.78 is 7.17. The Labute approximate surface area is 169 Å². The van der Waals surface area contributed by atoms with Gasteiger partial charge in [0, 0.05) is 18.7 Å². The van der Waals surface area contributed by atoms with E-state index in [4.69, 9.17) is 17.0 Å². The van der Waals surface area contributed by atoms with E-state index in [1.54, 1.807) is 52.8 Å². The highest BCUT2D eigenvalue weighted by Gasteiger charge is 2.33. The Bertz CT molecular complexity index is 1030. The molecule has 1 amide bonds. The molecule has 152 valence electrons. The number of fused-ring (bicyclic) bond motifs is 1. The van der Waals surface area contributed by atoms with Crippen molar-refractivity contribution >= 4 is 35.0 Å². The van der Waals surface area contributed by atoms with Crippen LogP contribution >= 0.6 is 12.2 Å². The van der Waals surface area contributed by atoms with Crippen molar-refractivity contribution in [2.45, 2.75) is 53.7 Å². The van der Waals surface area contributed by atoms with Gasteiger partial charge in [0.25, 0.3) is 11.5 Å². The molecule has 0 saturated heterocycles. The number of rotatable bonds is 5. The first-order valence-corrected chi connectivity index (χ1v) is 9.55. The number of amides is 1. The topological polar surface area (TPSA) is 93.2 Å². The van der Waals surface area contributed by atoms with Crippen molar-refractivity contribution in [1.29, 1.82) is 0 Å². The molecule has 8 heteroatoms. The third-order valence-corrected chi connectivity index (χ3v) is 4.53. The number of nitrogens with one attached hydrogen (secondary N) is 2. The lowest BCUT2D eigenvalue weighted by atomic mass is 9.93. The monoisotopic (exact) mass is 405 g/mol. The molecule has 7 nitrogen and oxygen atoms in total. The summed E-state index contributed by atoms with van der Waals surface area (Å²) in [5, 5.41) is 3.22. The van der Waals surface area contributed by atoms with E-state index in [9.17, 15) is 14.4 Å². The van der Waals surface area contributed by atoms with Gasteiger partial charge < -0.3 is 15.0 Å². The van der Waals surface area contributed by atoms with Crippen LogP contribution in [0.5, 0.6) is 0 Å². The number of benzene rings is 1. The first-order valence-electron chi connectivity index (χ1n) is 9.14. The maximum absolute atomic E-state index is 12.5. The number of aromatic nitrogens is 2. The van der Waals surface area contributed by atoms with Crippen molar-refractivity contribution in [3.63, 3.8) is 0 Å². The van der Waals surface area contributed by atoms with Crippen LogP contribution in [0.25, 0.3) is 10.9 Å². The minimum absolute atomic E-state index is 0.117. The number of esters is 1. The van der Waals surface area contributed by atoms with E-state index < -0.39 is 11.0 Å². The van der Waals surface area contributed by atoms with Gasteiger partial charge in [-0.2, -0.15) is 0 Å². The quantitative estimate of drug-likeness (QED) is 0.589. The molecular formula is C20H27N3O4S. The Morgan fingerprint density at radius 3 is 2.43 bits per heavy atom. The van der Waals surface area contributed by atoms with Crippen LogP contribution in [0.1, 0.15) is 51.9 Å². The van der Waals surface area contributed by atoms with Crippen LogP contribution in [0.15, 0.2) is 23.0 Å². The lowest BCUT2D eigenvalue weighted by Gasteiger charge is -2.28. The molecule has 2 aromatic rings. The van der Waals surface area contributed by atoms with Gasteiger partial charge in [-0.05, 0) is 72.0 Å². The SMILES string of the molecule is CCn1c(=S)[nH]c2cc(C(=O)NCC(C)(C)C(=O)OC(C)(C)C)ccc2c1=O. The number of carbonyl (C=O) groups is 2. The standard InChI is InChI=1S/C20H27N3O4S/c1-7-23-16(25)13-9-8-12(10-14(13)22-18(23)28)15(24)21-11-20(5,6)17(26)27-19(2,3)4/h8-10H,7,11H2,1-6H3,(H,21,24)(H,22,28). The first-order chi connectivity index (χ1) is 12.9.